The van der Waals surface area contributed by atoms with Gasteiger partial charge in [-0.3, -0.25) is 0 Å². The molecular weight excluding hydrogens is 206 g/mol. The molecule has 0 amide bonds. The fourth-order valence-corrected chi connectivity index (χ4v) is 1.48. The molecule has 4 nitrogen and oxygen atoms in total. The van der Waals surface area contributed by atoms with Crippen molar-refractivity contribution in [1.29, 1.82) is 0 Å². The van der Waals surface area contributed by atoms with Crippen LogP contribution in [0.3, 0.4) is 0 Å². The van der Waals surface area contributed by atoms with Gasteiger partial charge in [-0.05, 0) is 18.2 Å². The van der Waals surface area contributed by atoms with E-state index in [2.05, 4.69) is 11.6 Å². The summed E-state index contributed by atoms with van der Waals surface area (Å²) in [6.45, 7) is 4.23. The van der Waals surface area contributed by atoms with Gasteiger partial charge in [-0.15, -0.1) is 0 Å². The van der Waals surface area contributed by atoms with Gasteiger partial charge < -0.3 is 14.2 Å². The van der Waals surface area contributed by atoms with Crippen molar-refractivity contribution in [3.8, 4) is 11.5 Å². The Labute approximate surface area is 94.2 Å². The fraction of sp³-hybridized carbons (Fsp3) is 0.250. The van der Waals surface area contributed by atoms with E-state index < -0.39 is 0 Å². The van der Waals surface area contributed by atoms with Crippen LogP contribution in [0, 0.1) is 0 Å². The van der Waals surface area contributed by atoms with Crippen LogP contribution in [0.4, 0.5) is 0 Å². The van der Waals surface area contributed by atoms with Crippen LogP contribution in [-0.2, 0) is 4.74 Å². The monoisotopic (exact) mass is 219 g/mol. The number of nitrogens with zero attached hydrogens (tertiary/aromatic N) is 1. The van der Waals surface area contributed by atoms with Gasteiger partial charge in [0.25, 0.3) is 0 Å². The Hall–Kier alpha value is -1.97. The molecule has 0 aromatic heterocycles. The highest BCUT2D eigenvalue weighted by Crippen LogP contribution is 2.28. The van der Waals surface area contributed by atoms with Gasteiger partial charge in [-0.1, -0.05) is 6.58 Å². The topological polar surface area (TPSA) is 40.0 Å². The lowest BCUT2D eigenvalue weighted by atomic mass is 10.2. The standard InChI is InChI=1S/C12H13NO3/c1-8-7-13-12(16-8)9-4-5-10(14-2)11(6-9)15-3/h4-6H,1,7H2,2-3H3. The maximum absolute atomic E-state index is 5.38. The number of ether oxygens (including phenoxy) is 3. The first-order chi connectivity index (χ1) is 7.74. The predicted octanol–water partition coefficient (Wildman–Crippen LogP) is 1.99. The highest BCUT2D eigenvalue weighted by atomic mass is 16.5. The number of benzene rings is 1. The van der Waals surface area contributed by atoms with E-state index in [9.17, 15) is 0 Å². The molecule has 0 saturated carbocycles. The largest absolute Gasteiger partial charge is 0.493 e. The predicted molar refractivity (Wildman–Crippen MR) is 61.2 cm³/mol. The molecule has 1 heterocycles. The second-order valence-electron chi connectivity index (χ2n) is 3.33. The van der Waals surface area contributed by atoms with E-state index in [0.717, 1.165) is 5.56 Å². The lowest BCUT2D eigenvalue weighted by molar-refractivity contribution is 0.354. The van der Waals surface area contributed by atoms with Crippen molar-refractivity contribution in [3.05, 3.63) is 36.1 Å². The summed E-state index contributed by atoms with van der Waals surface area (Å²) in [4.78, 5) is 4.22. The van der Waals surface area contributed by atoms with Crippen LogP contribution in [0.1, 0.15) is 5.56 Å². The Morgan fingerprint density at radius 3 is 2.56 bits per heavy atom. The van der Waals surface area contributed by atoms with E-state index in [1.54, 1.807) is 14.2 Å². The molecule has 0 saturated heterocycles. The summed E-state index contributed by atoms with van der Waals surface area (Å²) in [5.41, 5.74) is 0.858. The van der Waals surface area contributed by atoms with Gasteiger partial charge in [-0.2, -0.15) is 0 Å². The van der Waals surface area contributed by atoms with Crippen molar-refractivity contribution in [1.82, 2.24) is 0 Å². The minimum absolute atomic E-state index is 0.518. The number of hydrogen-bond acceptors (Lipinski definition) is 4. The van der Waals surface area contributed by atoms with Gasteiger partial charge in [0.05, 0.1) is 14.2 Å². The van der Waals surface area contributed by atoms with E-state index >= 15 is 0 Å². The van der Waals surface area contributed by atoms with Crippen LogP contribution in [0.25, 0.3) is 0 Å². The molecule has 1 aromatic rings. The van der Waals surface area contributed by atoms with Crippen molar-refractivity contribution in [2.24, 2.45) is 4.99 Å². The highest BCUT2D eigenvalue weighted by Gasteiger charge is 2.15. The van der Waals surface area contributed by atoms with Crippen LogP contribution >= 0.6 is 0 Å². The van der Waals surface area contributed by atoms with E-state index in [4.69, 9.17) is 14.2 Å². The Morgan fingerprint density at radius 2 is 2.00 bits per heavy atom. The van der Waals surface area contributed by atoms with E-state index in [1.807, 2.05) is 18.2 Å². The molecule has 1 aliphatic heterocycles. The molecule has 0 aliphatic carbocycles. The zero-order valence-electron chi connectivity index (χ0n) is 9.32. The molecule has 0 atom stereocenters. The van der Waals surface area contributed by atoms with Crippen molar-refractivity contribution < 1.29 is 14.2 Å². The molecule has 84 valence electrons. The summed E-state index contributed by atoms with van der Waals surface area (Å²) in [6.07, 6.45) is 0. The molecule has 0 fully saturated rings. The lowest BCUT2D eigenvalue weighted by Crippen LogP contribution is -2.01. The Bertz CT molecular complexity index is 452. The molecule has 1 aromatic carbocycles. The van der Waals surface area contributed by atoms with Crippen LogP contribution in [0.15, 0.2) is 35.5 Å². The van der Waals surface area contributed by atoms with E-state index in [-0.39, 0.29) is 0 Å². The van der Waals surface area contributed by atoms with E-state index in [0.29, 0.717) is 29.7 Å². The highest BCUT2D eigenvalue weighted by molar-refractivity contribution is 5.96. The number of methoxy groups -OCH3 is 2. The summed E-state index contributed by atoms with van der Waals surface area (Å²) >= 11 is 0. The summed E-state index contributed by atoms with van der Waals surface area (Å²) < 4.78 is 15.7. The molecule has 0 unspecified atom stereocenters. The SMILES string of the molecule is C=C1CN=C(c2ccc(OC)c(OC)c2)O1. The first-order valence-electron chi connectivity index (χ1n) is 4.87. The average Bonchev–Trinajstić information content (AvgIpc) is 2.75. The second-order valence-corrected chi connectivity index (χ2v) is 3.33. The number of rotatable bonds is 3. The first kappa shape index (κ1) is 10.5. The van der Waals surface area contributed by atoms with Crippen molar-refractivity contribution >= 4 is 5.90 Å². The summed E-state index contributed by atoms with van der Waals surface area (Å²) in [5.74, 6) is 2.57. The molecular formula is C12H13NO3. The summed E-state index contributed by atoms with van der Waals surface area (Å²) in [5, 5.41) is 0. The molecule has 0 N–H and O–H groups in total. The molecule has 0 radical (unpaired) electrons. The third kappa shape index (κ3) is 1.86. The van der Waals surface area contributed by atoms with Gasteiger partial charge in [0.15, 0.2) is 11.5 Å². The molecule has 4 heteroatoms. The van der Waals surface area contributed by atoms with Gasteiger partial charge in [-0.25, -0.2) is 4.99 Å². The molecule has 1 aliphatic rings. The second kappa shape index (κ2) is 4.26. The molecule has 16 heavy (non-hydrogen) atoms. The molecule has 0 spiro atoms. The maximum Gasteiger partial charge on any atom is 0.222 e. The fourth-order valence-electron chi connectivity index (χ4n) is 1.48. The van der Waals surface area contributed by atoms with E-state index in [1.165, 1.54) is 0 Å². The quantitative estimate of drug-likeness (QED) is 0.780. The number of aliphatic imine (C=N–C) groups is 1. The normalized spacial score (nSPS) is 14.4. The Morgan fingerprint density at radius 1 is 1.25 bits per heavy atom. The van der Waals surface area contributed by atoms with Gasteiger partial charge >= 0.3 is 0 Å². The average molecular weight is 219 g/mol. The smallest absolute Gasteiger partial charge is 0.222 e. The first-order valence-corrected chi connectivity index (χ1v) is 4.87. The molecule has 0 bridgehead atoms. The lowest BCUT2D eigenvalue weighted by Gasteiger charge is -2.09. The van der Waals surface area contributed by atoms with Crippen LogP contribution in [-0.4, -0.2) is 26.7 Å². The minimum Gasteiger partial charge on any atom is -0.493 e. The van der Waals surface area contributed by atoms with Gasteiger partial charge in [0.2, 0.25) is 5.90 Å². The third-order valence-electron chi connectivity index (χ3n) is 2.27. The zero-order chi connectivity index (χ0) is 11.5. The number of hydrogen-bond donors (Lipinski definition) is 0. The van der Waals surface area contributed by atoms with Gasteiger partial charge in [0.1, 0.15) is 12.3 Å². The van der Waals surface area contributed by atoms with Crippen LogP contribution in [0.5, 0.6) is 11.5 Å². The maximum atomic E-state index is 5.38. The van der Waals surface area contributed by atoms with Crippen molar-refractivity contribution in [2.75, 3.05) is 20.8 Å². The van der Waals surface area contributed by atoms with Crippen LogP contribution < -0.4 is 9.47 Å². The zero-order valence-corrected chi connectivity index (χ0v) is 9.32. The summed E-state index contributed by atoms with van der Waals surface area (Å²) in [7, 11) is 3.20. The summed E-state index contributed by atoms with van der Waals surface area (Å²) in [6, 6.07) is 5.52. The molecule has 2 rings (SSSR count). The van der Waals surface area contributed by atoms with Gasteiger partial charge in [0, 0.05) is 5.56 Å². The van der Waals surface area contributed by atoms with Crippen molar-refractivity contribution in [3.63, 3.8) is 0 Å². The Balaban J connectivity index is 2.33. The minimum atomic E-state index is 0.518. The Kier molecular flexibility index (Phi) is 2.81. The van der Waals surface area contributed by atoms with Crippen LogP contribution in [0.2, 0.25) is 0 Å². The van der Waals surface area contributed by atoms with Crippen molar-refractivity contribution in [2.45, 2.75) is 0 Å². The third-order valence-corrected chi connectivity index (χ3v) is 2.27.